The summed E-state index contributed by atoms with van der Waals surface area (Å²) in [5.74, 6) is 0.187. The number of hydrogen-bond acceptors (Lipinski definition) is 5. The molecule has 0 aliphatic heterocycles. The lowest BCUT2D eigenvalue weighted by Gasteiger charge is -2.13. The smallest absolute Gasteiger partial charge is 0.269 e. The maximum Gasteiger partial charge on any atom is 0.269 e. The van der Waals surface area contributed by atoms with Crippen molar-refractivity contribution >= 4 is 21.6 Å². The van der Waals surface area contributed by atoms with Crippen LogP contribution in [0, 0.1) is 16.0 Å². The zero-order valence-corrected chi connectivity index (χ0v) is 13.5. The summed E-state index contributed by atoms with van der Waals surface area (Å²) in [5.41, 5.74) is -0.197. The van der Waals surface area contributed by atoms with Gasteiger partial charge in [0.25, 0.3) is 5.69 Å². The van der Waals surface area contributed by atoms with Crippen molar-refractivity contribution in [3.05, 3.63) is 34.4 Å². The standard InChI is InChI=1S/C14H19N3O5S/c1-10-2-3-11(8-10)16-14(18)9-15-23(21,22)13-6-4-12(5-7-13)17(19)20/h4-7,10-11,15H,2-3,8-9H2,1H3,(H,16,18). The van der Waals surface area contributed by atoms with Gasteiger partial charge in [-0.1, -0.05) is 6.92 Å². The fraction of sp³-hybridized carbons (Fsp3) is 0.500. The van der Waals surface area contributed by atoms with E-state index in [1.165, 1.54) is 0 Å². The van der Waals surface area contributed by atoms with E-state index in [1.54, 1.807) is 0 Å². The first kappa shape index (κ1) is 17.4. The van der Waals surface area contributed by atoms with Crippen molar-refractivity contribution in [2.45, 2.75) is 37.1 Å². The molecule has 0 heterocycles. The fourth-order valence-electron chi connectivity index (χ4n) is 2.61. The number of benzene rings is 1. The van der Waals surface area contributed by atoms with Gasteiger partial charge in [-0.2, -0.15) is 0 Å². The number of nitro benzene ring substituents is 1. The molecule has 2 atom stereocenters. The van der Waals surface area contributed by atoms with Crippen LogP contribution in [0.25, 0.3) is 0 Å². The third kappa shape index (κ3) is 4.73. The van der Waals surface area contributed by atoms with Gasteiger partial charge in [0.15, 0.2) is 0 Å². The molecule has 1 aromatic rings. The Morgan fingerprint density at radius 2 is 1.96 bits per heavy atom. The van der Waals surface area contributed by atoms with E-state index in [2.05, 4.69) is 17.0 Å². The molecule has 126 valence electrons. The Hall–Kier alpha value is -2.00. The van der Waals surface area contributed by atoms with Crippen molar-refractivity contribution in [1.82, 2.24) is 10.0 Å². The van der Waals surface area contributed by atoms with E-state index in [4.69, 9.17) is 0 Å². The normalized spacial score (nSPS) is 21.1. The minimum Gasteiger partial charge on any atom is -0.352 e. The summed E-state index contributed by atoms with van der Waals surface area (Å²) in [6.07, 6.45) is 2.86. The number of amides is 1. The van der Waals surface area contributed by atoms with Crippen LogP contribution < -0.4 is 10.0 Å². The summed E-state index contributed by atoms with van der Waals surface area (Å²) in [6, 6.07) is 4.58. The lowest BCUT2D eigenvalue weighted by molar-refractivity contribution is -0.384. The lowest BCUT2D eigenvalue weighted by atomic mass is 10.1. The van der Waals surface area contributed by atoms with Gasteiger partial charge in [0.05, 0.1) is 16.4 Å². The number of nitrogens with one attached hydrogen (secondary N) is 2. The molecule has 1 amide bonds. The first-order valence-corrected chi connectivity index (χ1v) is 8.80. The number of nitro groups is 1. The maximum atomic E-state index is 12.0. The van der Waals surface area contributed by atoms with E-state index in [-0.39, 0.29) is 29.1 Å². The minimum atomic E-state index is -3.88. The van der Waals surface area contributed by atoms with E-state index in [9.17, 15) is 23.3 Å². The van der Waals surface area contributed by atoms with Crippen LogP contribution in [0.3, 0.4) is 0 Å². The molecule has 2 N–H and O–H groups in total. The van der Waals surface area contributed by atoms with Crippen LogP contribution in [0.15, 0.2) is 29.2 Å². The van der Waals surface area contributed by atoms with Crippen molar-refractivity contribution in [3.8, 4) is 0 Å². The Kier molecular flexibility index (Phi) is 5.32. The predicted molar refractivity (Wildman–Crippen MR) is 83.2 cm³/mol. The van der Waals surface area contributed by atoms with Crippen LogP contribution in [0.4, 0.5) is 5.69 Å². The maximum absolute atomic E-state index is 12.0. The number of nitrogens with zero attached hydrogens (tertiary/aromatic N) is 1. The van der Waals surface area contributed by atoms with Gasteiger partial charge in [0.1, 0.15) is 0 Å². The van der Waals surface area contributed by atoms with Crippen molar-refractivity contribution < 1.29 is 18.1 Å². The van der Waals surface area contributed by atoms with Gasteiger partial charge in [-0.25, -0.2) is 13.1 Å². The van der Waals surface area contributed by atoms with Crippen LogP contribution in [0.5, 0.6) is 0 Å². The Morgan fingerprint density at radius 1 is 1.30 bits per heavy atom. The Labute approximate surface area is 134 Å². The van der Waals surface area contributed by atoms with E-state index in [1.807, 2.05) is 0 Å². The number of hydrogen-bond donors (Lipinski definition) is 2. The molecule has 9 heteroatoms. The van der Waals surface area contributed by atoms with Crippen LogP contribution >= 0.6 is 0 Å². The molecule has 2 rings (SSSR count). The van der Waals surface area contributed by atoms with Crippen molar-refractivity contribution in [3.63, 3.8) is 0 Å². The summed E-state index contributed by atoms with van der Waals surface area (Å²) in [6.45, 7) is 1.76. The second-order valence-electron chi connectivity index (χ2n) is 5.76. The molecule has 23 heavy (non-hydrogen) atoms. The Bertz CT molecular complexity index is 687. The number of carbonyl (C=O) groups is 1. The molecular formula is C14H19N3O5S. The molecule has 1 fully saturated rings. The van der Waals surface area contributed by atoms with Gasteiger partial charge in [0, 0.05) is 18.2 Å². The van der Waals surface area contributed by atoms with E-state index in [0.29, 0.717) is 5.92 Å². The Morgan fingerprint density at radius 3 is 2.48 bits per heavy atom. The quantitative estimate of drug-likeness (QED) is 0.595. The monoisotopic (exact) mass is 341 g/mol. The van der Waals surface area contributed by atoms with Gasteiger partial charge in [-0.05, 0) is 37.3 Å². The van der Waals surface area contributed by atoms with Crippen molar-refractivity contribution in [1.29, 1.82) is 0 Å². The summed E-state index contributed by atoms with van der Waals surface area (Å²) in [4.78, 5) is 21.6. The zero-order valence-electron chi connectivity index (χ0n) is 12.7. The highest BCUT2D eigenvalue weighted by Gasteiger charge is 2.23. The van der Waals surface area contributed by atoms with Crippen molar-refractivity contribution in [2.24, 2.45) is 5.92 Å². The predicted octanol–water partition coefficient (Wildman–Crippen LogP) is 1.18. The molecule has 0 bridgehead atoms. The van der Waals surface area contributed by atoms with E-state index < -0.39 is 14.9 Å². The lowest BCUT2D eigenvalue weighted by Crippen LogP contribution is -2.41. The van der Waals surface area contributed by atoms with E-state index in [0.717, 1.165) is 43.5 Å². The molecule has 1 aliphatic carbocycles. The zero-order chi connectivity index (χ0) is 17.0. The summed E-state index contributed by atoms with van der Waals surface area (Å²) >= 11 is 0. The average molecular weight is 341 g/mol. The second kappa shape index (κ2) is 7.05. The number of non-ortho nitro benzene ring substituents is 1. The highest BCUT2D eigenvalue weighted by Crippen LogP contribution is 2.24. The fourth-order valence-corrected chi connectivity index (χ4v) is 3.59. The molecule has 1 aliphatic rings. The first-order chi connectivity index (χ1) is 10.8. The number of rotatable bonds is 6. The van der Waals surface area contributed by atoms with Crippen LogP contribution in [-0.4, -0.2) is 31.8 Å². The molecule has 0 radical (unpaired) electrons. The molecule has 0 spiro atoms. The van der Waals surface area contributed by atoms with Crippen LogP contribution in [0.2, 0.25) is 0 Å². The molecule has 0 saturated heterocycles. The van der Waals surface area contributed by atoms with Gasteiger partial charge in [-0.3, -0.25) is 14.9 Å². The van der Waals surface area contributed by atoms with Gasteiger partial charge in [0.2, 0.25) is 15.9 Å². The third-order valence-corrected chi connectivity index (χ3v) is 5.26. The average Bonchev–Trinajstić information content (AvgIpc) is 2.90. The summed E-state index contributed by atoms with van der Waals surface area (Å²) < 4.78 is 26.3. The first-order valence-electron chi connectivity index (χ1n) is 7.31. The SMILES string of the molecule is CC1CCC(NC(=O)CNS(=O)(=O)c2ccc([N+](=O)[O-])cc2)C1. The molecular weight excluding hydrogens is 322 g/mol. The molecule has 0 aromatic heterocycles. The number of carbonyl (C=O) groups excluding carboxylic acids is 1. The largest absolute Gasteiger partial charge is 0.352 e. The van der Waals surface area contributed by atoms with Gasteiger partial charge < -0.3 is 5.32 Å². The molecule has 2 unspecified atom stereocenters. The van der Waals surface area contributed by atoms with Gasteiger partial charge in [-0.15, -0.1) is 0 Å². The van der Waals surface area contributed by atoms with Crippen LogP contribution in [-0.2, 0) is 14.8 Å². The second-order valence-corrected chi connectivity index (χ2v) is 7.53. The summed E-state index contributed by atoms with van der Waals surface area (Å²) in [7, 11) is -3.88. The highest BCUT2D eigenvalue weighted by atomic mass is 32.2. The molecule has 8 nitrogen and oxygen atoms in total. The topological polar surface area (TPSA) is 118 Å². The van der Waals surface area contributed by atoms with E-state index >= 15 is 0 Å². The van der Waals surface area contributed by atoms with Crippen LogP contribution in [0.1, 0.15) is 26.2 Å². The van der Waals surface area contributed by atoms with Crippen molar-refractivity contribution in [2.75, 3.05) is 6.54 Å². The summed E-state index contributed by atoms with van der Waals surface area (Å²) in [5, 5.41) is 13.4. The van der Waals surface area contributed by atoms with Gasteiger partial charge >= 0.3 is 0 Å². The minimum absolute atomic E-state index is 0.0985. The highest BCUT2D eigenvalue weighted by molar-refractivity contribution is 7.89. The third-order valence-electron chi connectivity index (χ3n) is 3.84. The number of sulfonamides is 1. The Balaban J connectivity index is 1.90. The molecule has 1 aromatic carbocycles. The molecule has 1 saturated carbocycles.